The van der Waals surface area contributed by atoms with Crippen LogP contribution in [0.4, 0.5) is 10.7 Å². The normalized spacial score (nSPS) is 10.1. The van der Waals surface area contributed by atoms with Crippen LogP contribution in [-0.2, 0) is 0 Å². The molecule has 0 unspecified atom stereocenters. The van der Waals surface area contributed by atoms with Crippen LogP contribution < -0.4 is 11.5 Å². The highest BCUT2D eigenvalue weighted by molar-refractivity contribution is 7.23. The summed E-state index contributed by atoms with van der Waals surface area (Å²) in [6.45, 7) is 0. The van der Waals surface area contributed by atoms with Gasteiger partial charge in [-0.2, -0.15) is 5.26 Å². The third kappa shape index (κ3) is 1.10. The summed E-state index contributed by atoms with van der Waals surface area (Å²) in [5.74, 6) is 0. The van der Waals surface area contributed by atoms with Gasteiger partial charge in [-0.25, -0.2) is 0 Å². The maximum Gasteiger partial charge on any atom is 0.105 e. The second-order valence-electron chi connectivity index (χ2n) is 2.71. The number of hydrogen-bond acceptors (Lipinski definition) is 4. The lowest BCUT2D eigenvalue weighted by molar-refractivity contribution is 1.52. The van der Waals surface area contributed by atoms with Crippen molar-refractivity contribution in [1.29, 1.82) is 5.26 Å². The second-order valence-corrected chi connectivity index (χ2v) is 3.79. The molecule has 2 rings (SSSR count). The van der Waals surface area contributed by atoms with Crippen LogP contribution in [0, 0.1) is 11.3 Å². The van der Waals surface area contributed by atoms with Crippen LogP contribution in [0.2, 0.25) is 0 Å². The molecular formula is C9H7N3S. The van der Waals surface area contributed by atoms with Crippen LogP contribution in [0.5, 0.6) is 0 Å². The van der Waals surface area contributed by atoms with E-state index in [1.165, 1.54) is 11.3 Å². The highest BCUT2D eigenvalue weighted by Crippen LogP contribution is 2.33. The molecule has 0 saturated heterocycles. The molecule has 64 valence electrons. The first kappa shape index (κ1) is 7.90. The highest BCUT2D eigenvalue weighted by atomic mass is 32.1. The Morgan fingerprint density at radius 2 is 2.08 bits per heavy atom. The Balaban J connectivity index is 2.88. The van der Waals surface area contributed by atoms with Gasteiger partial charge in [0, 0.05) is 15.8 Å². The Morgan fingerprint density at radius 3 is 2.77 bits per heavy atom. The van der Waals surface area contributed by atoms with E-state index >= 15 is 0 Å². The molecule has 0 radical (unpaired) electrons. The molecule has 1 heterocycles. The van der Waals surface area contributed by atoms with Crippen molar-refractivity contribution in [2.75, 3.05) is 11.5 Å². The molecule has 4 heteroatoms. The quantitative estimate of drug-likeness (QED) is 0.622. The zero-order valence-electron chi connectivity index (χ0n) is 6.74. The van der Waals surface area contributed by atoms with Crippen LogP contribution in [-0.4, -0.2) is 0 Å². The van der Waals surface area contributed by atoms with Gasteiger partial charge >= 0.3 is 0 Å². The maximum atomic E-state index is 8.82. The predicted molar refractivity (Wildman–Crippen MR) is 55.4 cm³/mol. The molecule has 1 aromatic heterocycles. The number of hydrogen-bond donors (Lipinski definition) is 2. The van der Waals surface area contributed by atoms with Crippen LogP contribution in [0.25, 0.3) is 10.1 Å². The van der Waals surface area contributed by atoms with Gasteiger partial charge in [0.1, 0.15) is 11.1 Å². The second kappa shape index (κ2) is 2.64. The zero-order valence-corrected chi connectivity index (χ0v) is 7.56. The maximum absolute atomic E-state index is 8.82. The summed E-state index contributed by atoms with van der Waals surface area (Å²) in [7, 11) is 0. The standard InChI is InChI=1S/C9H7N3S/c10-4-7-6-2-1-5(11)3-8(6)13-9(7)12/h1-3H,11-12H2. The number of nitrogens with zero attached hydrogens (tertiary/aromatic N) is 1. The summed E-state index contributed by atoms with van der Waals surface area (Å²) in [4.78, 5) is 0. The van der Waals surface area contributed by atoms with Crippen molar-refractivity contribution in [2.24, 2.45) is 0 Å². The van der Waals surface area contributed by atoms with Gasteiger partial charge in [0.25, 0.3) is 0 Å². The average Bonchev–Trinajstić information content (AvgIpc) is 2.39. The molecule has 0 aliphatic rings. The molecule has 0 saturated carbocycles. The van der Waals surface area contributed by atoms with Crippen molar-refractivity contribution >= 4 is 32.1 Å². The first-order valence-electron chi connectivity index (χ1n) is 3.70. The number of nitriles is 1. The summed E-state index contributed by atoms with van der Waals surface area (Å²) in [5, 5.41) is 10.3. The van der Waals surface area contributed by atoms with E-state index < -0.39 is 0 Å². The first-order valence-corrected chi connectivity index (χ1v) is 4.51. The van der Waals surface area contributed by atoms with E-state index in [2.05, 4.69) is 6.07 Å². The lowest BCUT2D eigenvalue weighted by Gasteiger charge is -1.91. The van der Waals surface area contributed by atoms with Gasteiger partial charge in [-0.1, -0.05) is 6.07 Å². The van der Waals surface area contributed by atoms with Gasteiger partial charge in [0.2, 0.25) is 0 Å². The van der Waals surface area contributed by atoms with E-state index in [-0.39, 0.29) is 0 Å². The minimum atomic E-state index is 0.556. The smallest absolute Gasteiger partial charge is 0.105 e. The van der Waals surface area contributed by atoms with Crippen molar-refractivity contribution in [3.05, 3.63) is 23.8 Å². The van der Waals surface area contributed by atoms with E-state index in [9.17, 15) is 0 Å². The summed E-state index contributed by atoms with van der Waals surface area (Å²) in [6, 6.07) is 7.52. The molecule has 2 aromatic rings. The zero-order chi connectivity index (χ0) is 9.42. The van der Waals surface area contributed by atoms with Gasteiger partial charge in [0.15, 0.2) is 0 Å². The van der Waals surface area contributed by atoms with Crippen LogP contribution in [0.3, 0.4) is 0 Å². The Bertz CT molecular complexity index is 507. The van der Waals surface area contributed by atoms with Crippen LogP contribution in [0.15, 0.2) is 18.2 Å². The molecule has 0 aliphatic carbocycles. The van der Waals surface area contributed by atoms with Crippen molar-refractivity contribution in [2.45, 2.75) is 0 Å². The minimum absolute atomic E-state index is 0.556. The molecular weight excluding hydrogens is 182 g/mol. The number of fused-ring (bicyclic) bond motifs is 1. The Kier molecular flexibility index (Phi) is 1.61. The molecule has 0 spiro atoms. The number of thiophene rings is 1. The fourth-order valence-electron chi connectivity index (χ4n) is 1.25. The molecule has 13 heavy (non-hydrogen) atoms. The summed E-state index contributed by atoms with van der Waals surface area (Å²) in [6.07, 6.45) is 0. The lowest BCUT2D eigenvalue weighted by Crippen LogP contribution is -1.83. The summed E-state index contributed by atoms with van der Waals surface area (Å²) in [5.41, 5.74) is 12.5. The monoisotopic (exact) mass is 189 g/mol. The van der Waals surface area contributed by atoms with E-state index in [1.54, 1.807) is 6.07 Å². The molecule has 0 bridgehead atoms. The van der Waals surface area contributed by atoms with Gasteiger partial charge in [-0.3, -0.25) is 0 Å². The fraction of sp³-hybridized carbons (Fsp3) is 0. The number of nitrogens with two attached hydrogens (primary N) is 2. The number of benzene rings is 1. The molecule has 4 N–H and O–H groups in total. The van der Waals surface area contributed by atoms with E-state index in [4.69, 9.17) is 16.7 Å². The van der Waals surface area contributed by atoms with Gasteiger partial charge < -0.3 is 11.5 Å². The lowest BCUT2D eigenvalue weighted by atomic mass is 10.2. The molecule has 0 amide bonds. The van der Waals surface area contributed by atoms with Gasteiger partial charge in [-0.05, 0) is 12.1 Å². The van der Waals surface area contributed by atoms with E-state index in [0.717, 1.165) is 10.1 Å². The predicted octanol–water partition coefficient (Wildman–Crippen LogP) is 1.94. The van der Waals surface area contributed by atoms with Crippen molar-refractivity contribution in [3.63, 3.8) is 0 Å². The summed E-state index contributed by atoms with van der Waals surface area (Å²) >= 11 is 1.39. The van der Waals surface area contributed by atoms with Gasteiger partial charge in [0.05, 0.1) is 5.56 Å². The topological polar surface area (TPSA) is 75.8 Å². The number of nitrogen functional groups attached to an aromatic ring is 2. The minimum Gasteiger partial charge on any atom is -0.399 e. The van der Waals surface area contributed by atoms with E-state index in [0.29, 0.717) is 16.3 Å². The Hall–Kier alpha value is -1.73. The molecule has 0 aliphatic heterocycles. The Labute approximate surface area is 79.2 Å². The van der Waals surface area contributed by atoms with Crippen LogP contribution in [0.1, 0.15) is 5.56 Å². The SMILES string of the molecule is N#Cc1c(N)sc2cc(N)ccc12. The Morgan fingerprint density at radius 1 is 1.31 bits per heavy atom. The fourth-order valence-corrected chi connectivity index (χ4v) is 2.22. The third-order valence-electron chi connectivity index (χ3n) is 1.85. The molecule has 0 fully saturated rings. The largest absolute Gasteiger partial charge is 0.399 e. The summed E-state index contributed by atoms with van der Waals surface area (Å²) < 4.78 is 0.967. The first-order chi connectivity index (χ1) is 6.22. The van der Waals surface area contributed by atoms with Crippen molar-refractivity contribution in [3.8, 4) is 6.07 Å². The molecule has 1 aromatic carbocycles. The third-order valence-corrected chi connectivity index (χ3v) is 2.83. The molecule has 3 nitrogen and oxygen atoms in total. The van der Waals surface area contributed by atoms with Gasteiger partial charge in [-0.15, -0.1) is 11.3 Å². The number of anilines is 2. The van der Waals surface area contributed by atoms with Crippen molar-refractivity contribution in [1.82, 2.24) is 0 Å². The average molecular weight is 189 g/mol. The molecule has 0 atom stereocenters. The van der Waals surface area contributed by atoms with E-state index in [1.807, 2.05) is 12.1 Å². The number of rotatable bonds is 0. The van der Waals surface area contributed by atoms with Crippen molar-refractivity contribution < 1.29 is 0 Å². The van der Waals surface area contributed by atoms with Crippen LogP contribution >= 0.6 is 11.3 Å². The highest BCUT2D eigenvalue weighted by Gasteiger charge is 2.08.